The van der Waals surface area contributed by atoms with Gasteiger partial charge in [-0.2, -0.15) is 0 Å². The molecule has 6 heteroatoms. The summed E-state index contributed by atoms with van der Waals surface area (Å²) in [5.41, 5.74) is 5.97. The van der Waals surface area contributed by atoms with Gasteiger partial charge < -0.3 is 20.9 Å². The molecule has 0 atom stereocenters. The van der Waals surface area contributed by atoms with Crippen molar-refractivity contribution in [2.75, 3.05) is 37.8 Å². The molecule has 0 aliphatic carbocycles. The Balaban J connectivity index is 2.70. The van der Waals surface area contributed by atoms with Gasteiger partial charge in [-0.15, -0.1) is 0 Å². The second-order valence-electron chi connectivity index (χ2n) is 5.62. The van der Waals surface area contributed by atoms with Gasteiger partial charge in [0.25, 0.3) is 0 Å². The standard InChI is InChI=1S/C15H25N3O3/c1-5-18(10-15(2,3)20)9-14(19)17-12-8-11(16)6-7-13(12)21-4/h6-8,20H,5,9-10,16H2,1-4H3,(H,17,19). The van der Waals surface area contributed by atoms with Crippen LogP contribution >= 0.6 is 0 Å². The normalized spacial score (nSPS) is 11.5. The van der Waals surface area contributed by atoms with Crippen molar-refractivity contribution in [1.29, 1.82) is 0 Å². The Hall–Kier alpha value is -1.79. The van der Waals surface area contributed by atoms with E-state index in [1.165, 1.54) is 7.11 Å². The van der Waals surface area contributed by atoms with Crippen LogP contribution in [0.3, 0.4) is 0 Å². The van der Waals surface area contributed by atoms with E-state index in [0.29, 0.717) is 30.2 Å². The van der Waals surface area contributed by atoms with Crippen LogP contribution in [0, 0.1) is 0 Å². The smallest absolute Gasteiger partial charge is 0.238 e. The lowest BCUT2D eigenvalue weighted by Gasteiger charge is -2.27. The number of rotatable bonds is 7. The van der Waals surface area contributed by atoms with Crippen molar-refractivity contribution >= 4 is 17.3 Å². The van der Waals surface area contributed by atoms with Gasteiger partial charge in [0, 0.05) is 12.2 Å². The molecule has 0 heterocycles. The Bertz CT molecular complexity index is 484. The maximum atomic E-state index is 12.1. The van der Waals surface area contributed by atoms with Gasteiger partial charge in [0.1, 0.15) is 5.75 Å². The predicted octanol–water partition coefficient (Wildman–Crippen LogP) is 1.31. The molecular weight excluding hydrogens is 270 g/mol. The number of nitrogen functional groups attached to an aromatic ring is 1. The molecule has 0 aliphatic heterocycles. The van der Waals surface area contributed by atoms with E-state index in [4.69, 9.17) is 10.5 Å². The number of carbonyl (C=O) groups is 1. The monoisotopic (exact) mass is 295 g/mol. The zero-order chi connectivity index (χ0) is 16.0. The summed E-state index contributed by atoms with van der Waals surface area (Å²) >= 11 is 0. The number of hydrogen-bond donors (Lipinski definition) is 3. The van der Waals surface area contributed by atoms with Gasteiger partial charge in [-0.1, -0.05) is 6.92 Å². The summed E-state index contributed by atoms with van der Waals surface area (Å²) in [6, 6.07) is 5.07. The summed E-state index contributed by atoms with van der Waals surface area (Å²) < 4.78 is 5.19. The van der Waals surface area contributed by atoms with E-state index in [2.05, 4.69) is 5.32 Å². The van der Waals surface area contributed by atoms with Crippen molar-refractivity contribution in [3.8, 4) is 5.75 Å². The Kier molecular flexibility index (Phi) is 5.99. The van der Waals surface area contributed by atoms with Gasteiger partial charge in [-0.3, -0.25) is 9.69 Å². The lowest BCUT2D eigenvalue weighted by molar-refractivity contribution is -0.117. The first-order valence-corrected chi connectivity index (χ1v) is 6.93. The summed E-state index contributed by atoms with van der Waals surface area (Å²) in [7, 11) is 1.54. The van der Waals surface area contributed by atoms with E-state index in [9.17, 15) is 9.90 Å². The lowest BCUT2D eigenvalue weighted by Crippen LogP contribution is -2.42. The van der Waals surface area contributed by atoms with E-state index in [1.807, 2.05) is 11.8 Å². The summed E-state index contributed by atoms with van der Waals surface area (Å²) in [6.07, 6.45) is 0. The first-order valence-electron chi connectivity index (χ1n) is 6.93. The number of nitrogens with one attached hydrogen (secondary N) is 1. The molecule has 0 aromatic heterocycles. The highest BCUT2D eigenvalue weighted by Gasteiger charge is 2.19. The molecule has 0 fully saturated rings. The maximum absolute atomic E-state index is 12.1. The van der Waals surface area contributed by atoms with Crippen LogP contribution in [-0.2, 0) is 4.79 Å². The molecule has 1 aromatic carbocycles. The third-order valence-corrected chi connectivity index (χ3v) is 2.92. The van der Waals surface area contributed by atoms with Crippen LogP contribution in [0.15, 0.2) is 18.2 Å². The van der Waals surface area contributed by atoms with Gasteiger partial charge in [0.05, 0.1) is 24.9 Å². The maximum Gasteiger partial charge on any atom is 0.238 e. The predicted molar refractivity (Wildman–Crippen MR) is 84.4 cm³/mol. The minimum atomic E-state index is -0.842. The van der Waals surface area contributed by atoms with Crippen LogP contribution in [0.4, 0.5) is 11.4 Å². The Morgan fingerprint density at radius 1 is 1.48 bits per heavy atom. The van der Waals surface area contributed by atoms with Crippen molar-refractivity contribution in [3.05, 3.63) is 18.2 Å². The molecule has 6 nitrogen and oxygen atoms in total. The molecule has 4 N–H and O–H groups in total. The first kappa shape index (κ1) is 17.3. The van der Waals surface area contributed by atoms with E-state index < -0.39 is 5.60 Å². The van der Waals surface area contributed by atoms with Crippen LogP contribution < -0.4 is 15.8 Å². The number of aliphatic hydroxyl groups is 1. The fourth-order valence-corrected chi connectivity index (χ4v) is 2.04. The zero-order valence-corrected chi connectivity index (χ0v) is 13.1. The quantitative estimate of drug-likeness (QED) is 0.660. The summed E-state index contributed by atoms with van der Waals surface area (Å²) in [5, 5.41) is 12.6. The molecule has 0 spiro atoms. The highest BCUT2D eigenvalue weighted by atomic mass is 16.5. The highest BCUT2D eigenvalue weighted by molar-refractivity contribution is 5.94. The Morgan fingerprint density at radius 3 is 2.67 bits per heavy atom. The average molecular weight is 295 g/mol. The largest absolute Gasteiger partial charge is 0.495 e. The number of methoxy groups -OCH3 is 1. The van der Waals surface area contributed by atoms with Gasteiger partial charge in [-0.05, 0) is 38.6 Å². The van der Waals surface area contributed by atoms with Crippen LogP contribution in [0.5, 0.6) is 5.75 Å². The summed E-state index contributed by atoms with van der Waals surface area (Å²) in [5.74, 6) is 0.382. The molecule has 0 unspecified atom stereocenters. The Morgan fingerprint density at radius 2 is 2.14 bits per heavy atom. The molecule has 21 heavy (non-hydrogen) atoms. The average Bonchev–Trinajstić information content (AvgIpc) is 2.36. The molecule has 118 valence electrons. The van der Waals surface area contributed by atoms with Crippen LogP contribution in [0.25, 0.3) is 0 Å². The number of anilines is 2. The van der Waals surface area contributed by atoms with Gasteiger partial charge in [-0.25, -0.2) is 0 Å². The fourth-order valence-electron chi connectivity index (χ4n) is 2.04. The molecular formula is C15H25N3O3. The van der Waals surface area contributed by atoms with Crippen molar-refractivity contribution in [1.82, 2.24) is 4.90 Å². The van der Waals surface area contributed by atoms with E-state index in [-0.39, 0.29) is 12.5 Å². The Labute approximate surface area is 125 Å². The second-order valence-corrected chi connectivity index (χ2v) is 5.62. The molecule has 0 bridgehead atoms. The molecule has 0 saturated heterocycles. The van der Waals surface area contributed by atoms with Crippen LogP contribution in [0.2, 0.25) is 0 Å². The third-order valence-electron chi connectivity index (χ3n) is 2.92. The number of carbonyl (C=O) groups excluding carboxylic acids is 1. The van der Waals surface area contributed by atoms with E-state index in [0.717, 1.165) is 0 Å². The molecule has 0 saturated carbocycles. The number of nitrogens with zero attached hydrogens (tertiary/aromatic N) is 1. The molecule has 1 amide bonds. The number of ether oxygens (including phenoxy) is 1. The van der Waals surface area contributed by atoms with Crippen LogP contribution in [-0.4, -0.2) is 48.3 Å². The zero-order valence-electron chi connectivity index (χ0n) is 13.1. The van der Waals surface area contributed by atoms with E-state index >= 15 is 0 Å². The number of benzene rings is 1. The van der Waals surface area contributed by atoms with Crippen molar-refractivity contribution in [2.24, 2.45) is 0 Å². The van der Waals surface area contributed by atoms with Gasteiger partial charge in [0.2, 0.25) is 5.91 Å². The number of nitrogens with two attached hydrogens (primary N) is 1. The first-order chi connectivity index (χ1) is 9.75. The fraction of sp³-hybridized carbons (Fsp3) is 0.533. The molecule has 1 aromatic rings. The lowest BCUT2D eigenvalue weighted by atomic mass is 10.1. The minimum Gasteiger partial charge on any atom is -0.495 e. The van der Waals surface area contributed by atoms with Crippen LogP contribution in [0.1, 0.15) is 20.8 Å². The molecule has 1 rings (SSSR count). The molecule has 0 aliphatic rings. The minimum absolute atomic E-state index is 0.176. The van der Waals surface area contributed by atoms with Crippen molar-refractivity contribution < 1.29 is 14.6 Å². The van der Waals surface area contributed by atoms with Gasteiger partial charge in [0.15, 0.2) is 0 Å². The topological polar surface area (TPSA) is 87.8 Å². The number of amides is 1. The second kappa shape index (κ2) is 7.28. The number of likely N-dealkylation sites (N-methyl/N-ethyl adjacent to an activating group) is 1. The third kappa shape index (κ3) is 6.01. The van der Waals surface area contributed by atoms with Crippen molar-refractivity contribution in [2.45, 2.75) is 26.4 Å². The SMILES string of the molecule is CCN(CC(=O)Nc1cc(N)ccc1OC)CC(C)(C)O. The number of hydrogen-bond acceptors (Lipinski definition) is 5. The van der Waals surface area contributed by atoms with E-state index in [1.54, 1.807) is 32.0 Å². The van der Waals surface area contributed by atoms with Gasteiger partial charge >= 0.3 is 0 Å². The summed E-state index contributed by atoms with van der Waals surface area (Å²) in [4.78, 5) is 14.0. The molecule has 0 radical (unpaired) electrons. The summed E-state index contributed by atoms with van der Waals surface area (Å²) in [6.45, 7) is 6.66. The highest BCUT2D eigenvalue weighted by Crippen LogP contribution is 2.26. The van der Waals surface area contributed by atoms with Crippen molar-refractivity contribution in [3.63, 3.8) is 0 Å².